The Morgan fingerprint density at radius 1 is 1.04 bits per heavy atom. The standard InChI is InChI=1S/C16H24N3O3P/c1-6-21-23(20,22-7-2)15-14(19-16(3,4)5)17-12-10-8-9-11-13(12)18-15/h8-11H,6-7H2,1-5H3,(H,17,19). The van der Waals surface area contributed by atoms with Crippen molar-refractivity contribution in [2.75, 3.05) is 18.5 Å². The summed E-state index contributed by atoms with van der Waals surface area (Å²) < 4.78 is 24.1. The van der Waals surface area contributed by atoms with E-state index < -0.39 is 7.60 Å². The Labute approximate surface area is 137 Å². The van der Waals surface area contributed by atoms with Gasteiger partial charge in [-0.25, -0.2) is 9.97 Å². The molecule has 7 heteroatoms. The van der Waals surface area contributed by atoms with Crippen molar-refractivity contribution in [1.29, 1.82) is 0 Å². The number of anilines is 1. The van der Waals surface area contributed by atoms with Gasteiger partial charge in [0.15, 0.2) is 11.3 Å². The molecule has 0 saturated heterocycles. The molecule has 0 radical (unpaired) electrons. The summed E-state index contributed by atoms with van der Waals surface area (Å²) in [6, 6.07) is 7.45. The van der Waals surface area contributed by atoms with Crippen molar-refractivity contribution in [1.82, 2.24) is 9.97 Å². The van der Waals surface area contributed by atoms with Crippen LogP contribution in [-0.2, 0) is 13.6 Å². The molecule has 2 rings (SSSR count). The van der Waals surface area contributed by atoms with E-state index in [-0.39, 0.29) is 24.2 Å². The predicted octanol–water partition coefficient (Wildman–Crippen LogP) is 3.73. The molecule has 23 heavy (non-hydrogen) atoms. The number of fused-ring (bicyclic) bond motifs is 1. The van der Waals surface area contributed by atoms with Crippen LogP contribution >= 0.6 is 7.60 Å². The van der Waals surface area contributed by atoms with Crippen LogP contribution in [0.15, 0.2) is 24.3 Å². The molecular weight excluding hydrogens is 313 g/mol. The fraction of sp³-hybridized carbons (Fsp3) is 0.500. The molecule has 0 spiro atoms. The molecule has 0 saturated carbocycles. The molecule has 0 bridgehead atoms. The topological polar surface area (TPSA) is 73.3 Å². The normalized spacial score (nSPS) is 12.6. The monoisotopic (exact) mass is 337 g/mol. The summed E-state index contributed by atoms with van der Waals surface area (Å²) in [7, 11) is -3.54. The zero-order valence-electron chi connectivity index (χ0n) is 14.3. The number of nitrogens with zero attached hydrogens (tertiary/aromatic N) is 2. The zero-order valence-corrected chi connectivity index (χ0v) is 15.2. The number of benzene rings is 1. The first kappa shape index (κ1) is 17.9. The van der Waals surface area contributed by atoms with Crippen molar-refractivity contribution < 1.29 is 13.6 Å². The van der Waals surface area contributed by atoms with Crippen LogP contribution in [0.25, 0.3) is 11.0 Å². The summed E-state index contributed by atoms with van der Waals surface area (Å²) in [4.78, 5) is 9.12. The van der Waals surface area contributed by atoms with E-state index in [0.717, 1.165) is 5.52 Å². The fourth-order valence-electron chi connectivity index (χ4n) is 2.12. The average Bonchev–Trinajstić information content (AvgIpc) is 2.45. The summed E-state index contributed by atoms with van der Waals surface area (Å²) in [5.74, 6) is 0.432. The van der Waals surface area contributed by atoms with Crippen molar-refractivity contribution in [3.63, 3.8) is 0 Å². The van der Waals surface area contributed by atoms with Gasteiger partial charge in [-0.3, -0.25) is 4.57 Å². The second-order valence-corrected chi connectivity index (χ2v) is 8.03. The third-order valence-corrected chi connectivity index (χ3v) is 4.93. The maximum absolute atomic E-state index is 13.2. The van der Waals surface area contributed by atoms with Crippen molar-refractivity contribution in [3.05, 3.63) is 24.3 Å². The average molecular weight is 337 g/mol. The molecule has 0 fully saturated rings. The molecule has 1 heterocycles. The van der Waals surface area contributed by atoms with Crippen molar-refractivity contribution in [3.8, 4) is 0 Å². The quantitative estimate of drug-likeness (QED) is 0.810. The van der Waals surface area contributed by atoms with Gasteiger partial charge in [0.05, 0.1) is 24.2 Å². The van der Waals surface area contributed by atoms with Crippen molar-refractivity contribution >= 4 is 29.9 Å². The highest BCUT2D eigenvalue weighted by atomic mass is 31.2. The molecule has 0 atom stereocenters. The lowest BCUT2D eigenvalue weighted by molar-refractivity contribution is 0.229. The van der Waals surface area contributed by atoms with E-state index in [2.05, 4.69) is 15.3 Å². The van der Waals surface area contributed by atoms with Crippen LogP contribution in [0.5, 0.6) is 0 Å². The van der Waals surface area contributed by atoms with Gasteiger partial charge in [-0.2, -0.15) is 0 Å². The number of aromatic nitrogens is 2. The Bertz CT molecular complexity index is 718. The van der Waals surface area contributed by atoms with E-state index in [4.69, 9.17) is 9.05 Å². The lowest BCUT2D eigenvalue weighted by atomic mass is 10.1. The number of rotatable bonds is 6. The van der Waals surface area contributed by atoms with Gasteiger partial charge in [0.2, 0.25) is 0 Å². The molecule has 0 aliphatic carbocycles. The Morgan fingerprint density at radius 2 is 1.57 bits per heavy atom. The summed E-state index contributed by atoms with van der Waals surface area (Å²) in [6.07, 6.45) is 0. The summed E-state index contributed by atoms with van der Waals surface area (Å²) in [5, 5.41) is 3.26. The zero-order chi connectivity index (χ0) is 17.1. The van der Waals surface area contributed by atoms with E-state index in [1.54, 1.807) is 13.8 Å². The van der Waals surface area contributed by atoms with Gasteiger partial charge in [-0.15, -0.1) is 0 Å². The number of hydrogen-bond donors (Lipinski definition) is 1. The number of hydrogen-bond acceptors (Lipinski definition) is 6. The van der Waals surface area contributed by atoms with E-state index in [0.29, 0.717) is 11.3 Å². The van der Waals surface area contributed by atoms with Crippen LogP contribution in [-0.4, -0.2) is 28.7 Å². The minimum absolute atomic E-state index is 0.231. The molecule has 1 aromatic carbocycles. The molecule has 1 N–H and O–H groups in total. The Morgan fingerprint density at radius 3 is 2.04 bits per heavy atom. The van der Waals surface area contributed by atoms with Gasteiger partial charge in [-0.05, 0) is 46.8 Å². The number of nitrogens with one attached hydrogen (secondary N) is 1. The Hall–Kier alpha value is -1.49. The third-order valence-electron chi connectivity index (χ3n) is 2.90. The van der Waals surface area contributed by atoms with Crippen LogP contribution < -0.4 is 10.8 Å². The third kappa shape index (κ3) is 4.28. The molecular formula is C16H24N3O3P. The number of para-hydroxylation sites is 2. The molecule has 0 unspecified atom stereocenters. The minimum Gasteiger partial charge on any atom is -0.363 e. The highest BCUT2D eigenvalue weighted by molar-refractivity contribution is 7.62. The molecule has 2 aromatic rings. The van der Waals surface area contributed by atoms with E-state index >= 15 is 0 Å². The summed E-state index contributed by atoms with van der Waals surface area (Å²) >= 11 is 0. The van der Waals surface area contributed by atoms with Gasteiger partial charge in [0, 0.05) is 5.54 Å². The lowest BCUT2D eigenvalue weighted by Crippen LogP contribution is -2.31. The maximum Gasteiger partial charge on any atom is 0.383 e. The first-order valence-electron chi connectivity index (χ1n) is 7.73. The fourth-order valence-corrected chi connectivity index (χ4v) is 3.71. The van der Waals surface area contributed by atoms with Crippen molar-refractivity contribution in [2.24, 2.45) is 0 Å². The van der Waals surface area contributed by atoms with E-state index in [9.17, 15) is 4.57 Å². The highest BCUT2D eigenvalue weighted by Crippen LogP contribution is 2.48. The van der Waals surface area contributed by atoms with Crippen LogP contribution in [0, 0.1) is 0 Å². The highest BCUT2D eigenvalue weighted by Gasteiger charge is 2.34. The first-order valence-corrected chi connectivity index (χ1v) is 9.28. The van der Waals surface area contributed by atoms with Gasteiger partial charge >= 0.3 is 7.60 Å². The molecule has 126 valence electrons. The second kappa shape index (κ2) is 6.95. The minimum atomic E-state index is -3.54. The SMILES string of the molecule is CCOP(=O)(OCC)c1nc2ccccc2nc1NC(C)(C)C. The van der Waals surface area contributed by atoms with Crippen molar-refractivity contribution in [2.45, 2.75) is 40.2 Å². The summed E-state index contributed by atoms with van der Waals surface area (Å²) in [5.41, 5.74) is 1.34. The molecule has 1 aromatic heterocycles. The smallest absolute Gasteiger partial charge is 0.363 e. The van der Waals surface area contributed by atoms with Crippen LogP contribution in [0.4, 0.5) is 5.82 Å². The lowest BCUT2D eigenvalue weighted by Gasteiger charge is -2.25. The molecule has 6 nitrogen and oxygen atoms in total. The van der Waals surface area contributed by atoms with Crippen LogP contribution in [0.2, 0.25) is 0 Å². The second-order valence-electron chi connectivity index (χ2n) is 6.09. The van der Waals surface area contributed by atoms with E-state index in [1.807, 2.05) is 45.0 Å². The Kier molecular flexibility index (Phi) is 5.40. The first-order chi connectivity index (χ1) is 10.8. The Balaban J connectivity index is 2.66. The largest absolute Gasteiger partial charge is 0.383 e. The molecule has 0 aliphatic rings. The molecule has 0 aliphatic heterocycles. The van der Waals surface area contributed by atoms with Gasteiger partial charge in [-0.1, -0.05) is 12.1 Å². The van der Waals surface area contributed by atoms with Gasteiger partial charge in [0.1, 0.15) is 0 Å². The van der Waals surface area contributed by atoms with Crippen LogP contribution in [0.1, 0.15) is 34.6 Å². The maximum atomic E-state index is 13.2. The van der Waals surface area contributed by atoms with Gasteiger partial charge < -0.3 is 14.4 Å². The van der Waals surface area contributed by atoms with E-state index in [1.165, 1.54) is 0 Å². The van der Waals surface area contributed by atoms with Crippen LogP contribution in [0.3, 0.4) is 0 Å². The predicted molar refractivity (Wildman–Crippen MR) is 93.4 cm³/mol. The summed E-state index contributed by atoms with van der Waals surface area (Å²) in [6.45, 7) is 10.1. The van der Waals surface area contributed by atoms with Gasteiger partial charge in [0.25, 0.3) is 0 Å². The molecule has 0 amide bonds.